The second-order valence-electron chi connectivity index (χ2n) is 3.30. The van der Waals surface area contributed by atoms with Gasteiger partial charge in [0.05, 0.1) is 17.5 Å². The maximum absolute atomic E-state index is 9.17. The normalized spacial score (nSPS) is 27.1. The molecular weight excluding hydrogens is 152 g/mol. The summed E-state index contributed by atoms with van der Waals surface area (Å²) < 4.78 is 0. The fourth-order valence-corrected chi connectivity index (χ4v) is 1.36. The highest BCUT2D eigenvalue weighted by Crippen LogP contribution is 2.41. The van der Waals surface area contributed by atoms with Crippen molar-refractivity contribution in [2.75, 3.05) is 11.5 Å². The minimum Gasteiger partial charge on any atom is -0.397 e. The van der Waals surface area contributed by atoms with Gasteiger partial charge in [0.15, 0.2) is 0 Å². The molecule has 1 aromatic rings. The van der Waals surface area contributed by atoms with E-state index in [0.29, 0.717) is 11.4 Å². The number of benzene rings is 1. The van der Waals surface area contributed by atoms with Gasteiger partial charge in [0.2, 0.25) is 0 Å². The molecule has 64 valence electrons. The fourth-order valence-electron chi connectivity index (χ4n) is 1.36. The van der Waals surface area contributed by atoms with E-state index in [9.17, 15) is 0 Å². The average molecular weight is 164 g/mol. The van der Waals surface area contributed by atoms with E-state index in [1.807, 2.05) is 12.1 Å². The topological polar surface area (TPSA) is 72.3 Å². The van der Waals surface area contributed by atoms with Crippen LogP contribution in [0.4, 0.5) is 11.4 Å². The Bertz CT molecular complexity index is 311. The lowest BCUT2D eigenvalue weighted by Crippen LogP contribution is -1.96. The molecule has 0 aromatic heterocycles. The van der Waals surface area contributed by atoms with Crippen LogP contribution in [0.1, 0.15) is 17.9 Å². The molecule has 2 unspecified atom stereocenters. The third-order valence-corrected chi connectivity index (χ3v) is 2.30. The van der Waals surface area contributed by atoms with Gasteiger partial charge in [-0.2, -0.15) is 0 Å². The lowest BCUT2D eigenvalue weighted by molar-refractivity contribution is 0.272. The Morgan fingerprint density at radius 2 is 1.92 bits per heavy atom. The SMILES string of the molecule is Nc1ccc(C2CC2O)cc1N. The average Bonchev–Trinajstić information content (AvgIpc) is 2.73. The summed E-state index contributed by atoms with van der Waals surface area (Å²) in [6.07, 6.45) is 0.677. The van der Waals surface area contributed by atoms with E-state index in [2.05, 4.69) is 0 Å². The molecular formula is C9H12N2O. The van der Waals surface area contributed by atoms with Crippen molar-refractivity contribution < 1.29 is 5.11 Å². The molecule has 3 heteroatoms. The molecule has 0 aliphatic heterocycles. The predicted molar refractivity (Wildman–Crippen MR) is 48.6 cm³/mol. The summed E-state index contributed by atoms with van der Waals surface area (Å²) >= 11 is 0. The van der Waals surface area contributed by atoms with Gasteiger partial charge in [-0.3, -0.25) is 0 Å². The molecule has 0 spiro atoms. The van der Waals surface area contributed by atoms with Crippen molar-refractivity contribution in [3.05, 3.63) is 23.8 Å². The monoisotopic (exact) mass is 164 g/mol. The summed E-state index contributed by atoms with van der Waals surface area (Å²) in [5, 5.41) is 9.17. The zero-order valence-electron chi connectivity index (χ0n) is 6.70. The summed E-state index contributed by atoms with van der Waals surface area (Å²) in [4.78, 5) is 0. The van der Waals surface area contributed by atoms with Crippen molar-refractivity contribution in [3.8, 4) is 0 Å². The largest absolute Gasteiger partial charge is 0.397 e. The van der Waals surface area contributed by atoms with E-state index in [4.69, 9.17) is 16.6 Å². The molecule has 0 heterocycles. The molecule has 1 saturated carbocycles. The summed E-state index contributed by atoms with van der Waals surface area (Å²) in [5.74, 6) is 0.285. The zero-order chi connectivity index (χ0) is 8.72. The van der Waals surface area contributed by atoms with Gasteiger partial charge in [0, 0.05) is 5.92 Å². The highest BCUT2D eigenvalue weighted by atomic mass is 16.3. The fraction of sp³-hybridized carbons (Fsp3) is 0.333. The van der Waals surface area contributed by atoms with Gasteiger partial charge in [0.1, 0.15) is 0 Å². The second-order valence-corrected chi connectivity index (χ2v) is 3.30. The number of hydrogen-bond acceptors (Lipinski definition) is 3. The standard InChI is InChI=1S/C9H12N2O/c10-7-2-1-5(3-8(7)11)6-4-9(6)12/h1-3,6,9,12H,4,10-11H2. The molecule has 1 aromatic carbocycles. The number of aliphatic hydroxyl groups is 1. The number of nitrogens with two attached hydrogens (primary N) is 2. The van der Waals surface area contributed by atoms with E-state index in [1.54, 1.807) is 6.07 Å². The highest BCUT2D eigenvalue weighted by molar-refractivity contribution is 5.64. The molecule has 0 saturated heterocycles. The Kier molecular flexibility index (Phi) is 1.48. The van der Waals surface area contributed by atoms with Crippen LogP contribution in [0.3, 0.4) is 0 Å². The Balaban J connectivity index is 2.29. The molecule has 2 rings (SSSR count). The quantitative estimate of drug-likeness (QED) is 0.535. The molecule has 1 aliphatic carbocycles. The van der Waals surface area contributed by atoms with Crippen molar-refractivity contribution in [3.63, 3.8) is 0 Å². The Hall–Kier alpha value is -1.22. The maximum Gasteiger partial charge on any atom is 0.0616 e. The van der Waals surface area contributed by atoms with Crippen LogP contribution in [-0.2, 0) is 0 Å². The summed E-state index contributed by atoms with van der Waals surface area (Å²) in [5.41, 5.74) is 13.5. The van der Waals surface area contributed by atoms with E-state index in [1.165, 1.54) is 0 Å². The lowest BCUT2D eigenvalue weighted by Gasteiger charge is -2.02. The maximum atomic E-state index is 9.17. The van der Waals surface area contributed by atoms with Gasteiger partial charge in [-0.1, -0.05) is 6.07 Å². The molecule has 2 atom stereocenters. The molecule has 0 bridgehead atoms. The van der Waals surface area contributed by atoms with E-state index in [-0.39, 0.29) is 12.0 Å². The van der Waals surface area contributed by atoms with E-state index < -0.39 is 0 Å². The van der Waals surface area contributed by atoms with Gasteiger partial charge in [0.25, 0.3) is 0 Å². The van der Waals surface area contributed by atoms with E-state index >= 15 is 0 Å². The van der Waals surface area contributed by atoms with Crippen molar-refractivity contribution in [1.82, 2.24) is 0 Å². The minimum absolute atomic E-state index is 0.173. The lowest BCUT2D eigenvalue weighted by atomic mass is 10.1. The Morgan fingerprint density at radius 1 is 1.25 bits per heavy atom. The van der Waals surface area contributed by atoms with Gasteiger partial charge < -0.3 is 16.6 Å². The molecule has 0 radical (unpaired) electrons. The van der Waals surface area contributed by atoms with Gasteiger partial charge >= 0.3 is 0 Å². The van der Waals surface area contributed by atoms with Gasteiger partial charge in [-0.25, -0.2) is 0 Å². The van der Waals surface area contributed by atoms with Gasteiger partial charge in [-0.05, 0) is 24.1 Å². The first kappa shape index (κ1) is 7.43. The third kappa shape index (κ3) is 1.12. The third-order valence-electron chi connectivity index (χ3n) is 2.30. The highest BCUT2D eigenvalue weighted by Gasteiger charge is 2.36. The van der Waals surface area contributed by atoms with Crippen LogP contribution in [0.25, 0.3) is 0 Å². The van der Waals surface area contributed by atoms with Crippen LogP contribution in [0.5, 0.6) is 0 Å². The second kappa shape index (κ2) is 2.38. The first-order chi connectivity index (χ1) is 5.68. The molecule has 3 nitrogen and oxygen atoms in total. The molecule has 1 aliphatic rings. The van der Waals surface area contributed by atoms with Crippen molar-refractivity contribution in [2.45, 2.75) is 18.4 Å². The smallest absolute Gasteiger partial charge is 0.0616 e. The van der Waals surface area contributed by atoms with Crippen molar-refractivity contribution >= 4 is 11.4 Å². The van der Waals surface area contributed by atoms with Gasteiger partial charge in [-0.15, -0.1) is 0 Å². The zero-order valence-corrected chi connectivity index (χ0v) is 6.70. The van der Waals surface area contributed by atoms with Crippen LogP contribution in [-0.4, -0.2) is 11.2 Å². The molecule has 12 heavy (non-hydrogen) atoms. The van der Waals surface area contributed by atoms with Crippen LogP contribution in [0.2, 0.25) is 0 Å². The van der Waals surface area contributed by atoms with Crippen LogP contribution < -0.4 is 11.5 Å². The Labute approximate surface area is 71.0 Å². The first-order valence-electron chi connectivity index (χ1n) is 4.01. The van der Waals surface area contributed by atoms with Crippen LogP contribution in [0, 0.1) is 0 Å². The number of nitrogen functional groups attached to an aromatic ring is 2. The van der Waals surface area contributed by atoms with E-state index in [0.717, 1.165) is 12.0 Å². The van der Waals surface area contributed by atoms with Crippen molar-refractivity contribution in [2.24, 2.45) is 0 Å². The number of anilines is 2. The number of aliphatic hydroxyl groups excluding tert-OH is 1. The molecule has 1 fully saturated rings. The van der Waals surface area contributed by atoms with Crippen molar-refractivity contribution in [1.29, 1.82) is 0 Å². The predicted octanol–water partition coefficient (Wildman–Crippen LogP) is 0.699. The number of hydrogen-bond donors (Lipinski definition) is 3. The summed E-state index contributed by atoms with van der Waals surface area (Å²) in [7, 11) is 0. The molecule has 0 amide bonds. The minimum atomic E-state index is -0.173. The van der Waals surface area contributed by atoms with Crippen LogP contribution >= 0.6 is 0 Å². The summed E-state index contributed by atoms with van der Waals surface area (Å²) in [6.45, 7) is 0. The molecule has 5 N–H and O–H groups in total. The Morgan fingerprint density at radius 3 is 2.42 bits per heavy atom. The summed E-state index contributed by atoms with van der Waals surface area (Å²) in [6, 6.07) is 5.55. The number of rotatable bonds is 1. The van der Waals surface area contributed by atoms with Crippen LogP contribution in [0.15, 0.2) is 18.2 Å². The first-order valence-corrected chi connectivity index (χ1v) is 4.01.